The first-order valence-corrected chi connectivity index (χ1v) is 5.32. The van der Waals surface area contributed by atoms with Crippen LogP contribution in [0.25, 0.3) is 0 Å². The van der Waals surface area contributed by atoms with Gasteiger partial charge >= 0.3 is 12.1 Å². The van der Waals surface area contributed by atoms with Crippen LogP contribution in [0.15, 0.2) is 0 Å². The predicted octanol–water partition coefficient (Wildman–Crippen LogP) is 1.46. The zero-order chi connectivity index (χ0) is 11.5. The summed E-state index contributed by atoms with van der Waals surface area (Å²) < 4.78 is 0. The summed E-state index contributed by atoms with van der Waals surface area (Å²) in [4.78, 5) is 23.0. The summed E-state index contributed by atoms with van der Waals surface area (Å²) in [5.41, 5.74) is -0.826. The van der Waals surface area contributed by atoms with Crippen molar-refractivity contribution >= 4 is 23.7 Å². The average Bonchev–Trinajstić information content (AvgIpc) is 2.18. The van der Waals surface area contributed by atoms with Gasteiger partial charge in [0.15, 0.2) is 0 Å². The summed E-state index contributed by atoms with van der Waals surface area (Å²) in [6.45, 7) is 0.553. The summed E-state index contributed by atoms with van der Waals surface area (Å²) in [7, 11) is 0. The Morgan fingerprint density at radius 1 is 1.27 bits per heavy atom. The molecule has 1 aliphatic heterocycles. The van der Waals surface area contributed by atoms with Crippen LogP contribution >= 0.6 is 11.6 Å². The second-order valence-corrected chi connectivity index (χ2v) is 4.17. The van der Waals surface area contributed by atoms with Crippen LogP contribution in [-0.4, -0.2) is 46.1 Å². The SMILES string of the molecule is O=C(O)N1CCC(CCCl)(C(=O)O)CC1. The quantitative estimate of drug-likeness (QED) is 0.726. The number of rotatable bonds is 3. The molecule has 0 unspecified atom stereocenters. The minimum Gasteiger partial charge on any atom is -0.481 e. The zero-order valence-corrected chi connectivity index (χ0v) is 9.03. The Morgan fingerprint density at radius 2 is 1.80 bits per heavy atom. The van der Waals surface area contributed by atoms with Crippen molar-refractivity contribution in [2.24, 2.45) is 5.41 Å². The Hall–Kier alpha value is -0.970. The number of alkyl halides is 1. The van der Waals surface area contributed by atoms with Gasteiger partial charge < -0.3 is 15.1 Å². The molecular formula is C9H14ClNO4. The van der Waals surface area contributed by atoms with Crippen LogP contribution in [0.2, 0.25) is 0 Å². The highest BCUT2D eigenvalue weighted by Crippen LogP contribution is 2.35. The van der Waals surface area contributed by atoms with Crippen molar-refractivity contribution in [1.82, 2.24) is 4.90 Å². The van der Waals surface area contributed by atoms with Gasteiger partial charge in [0.2, 0.25) is 0 Å². The van der Waals surface area contributed by atoms with E-state index in [4.69, 9.17) is 21.8 Å². The molecule has 15 heavy (non-hydrogen) atoms. The first kappa shape index (κ1) is 12.1. The third-order valence-electron chi connectivity index (χ3n) is 3.02. The van der Waals surface area contributed by atoms with E-state index in [1.165, 1.54) is 4.90 Å². The van der Waals surface area contributed by atoms with E-state index in [2.05, 4.69) is 0 Å². The number of carboxylic acids is 1. The highest BCUT2D eigenvalue weighted by Gasteiger charge is 2.41. The molecule has 6 heteroatoms. The maximum absolute atomic E-state index is 11.1. The highest BCUT2D eigenvalue weighted by molar-refractivity contribution is 6.18. The van der Waals surface area contributed by atoms with Gasteiger partial charge in [0, 0.05) is 19.0 Å². The van der Waals surface area contributed by atoms with Crippen molar-refractivity contribution in [2.75, 3.05) is 19.0 Å². The second kappa shape index (κ2) is 4.70. The lowest BCUT2D eigenvalue weighted by atomic mass is 9.76. The normalized spacial score (nSPS) is 19.9. The van der Waals surface area contributed by atoms with Crippen LogP contribution in [0.3, 0.4) is 0 Å². The molecule has 0 atom stereocenters. The van der Waals surface area contributed by atoms with Gasteiger partial charge in [-0.1, -0.05) is 0 Å². The van der Waals surface area contributed by atoms with Gasteiger partial charge in [0.25, 0.3) is 0 Å². The number of carbonyl (C=O) groups is 2. The average molecular weight is 236 g/mol. The summed E-state index contributed by atoms with van der Waals surface area (Å²) in [5.74, 6) is -0.576. The molecule has 86 valence electrons. The number of nitrogens with zero attached hydrogens (tertiary/aromatic N) is 1. The molecule has 1 fully saturated rings. The first-order chi connectivity index (χ1) is 7.02. The van der Waals surface area contributed by atoms with Gasteiger partial charge in [-0.3, -0.25) is 4.79 Å². The largest absolute Gasteiger partial charge is 0.481 e. The smallest absolute Gasteiger partial charge is 0.407 e. The number of hydrogen-bond donors (Lipinski definition) is 2. The Kier molecular flexibility index (Phi) is 3.79. The fraction of sp³-hybridized carbons (Fsp3) is 0.778. The van der Waals surface area contributed by atoms with Crippen molar-refractivity contribution in [3.63, 3.8) is 0 Å². The van der Waals surface area contributed by atoms with Crippen molar-refractivity contribution in [3.8, 4) is 0 Å². The molecule has 1 amide bonds. The molecule has 1 saturated heterocycles. The van der Waals surface area contributed by atoms with E-state index in [-0.39, 0.29) is 13.1 Å². The van der Waals surface area contributed by atoms with E-state index in [9.17, 15) is 9.59 Å². The number of piperidine rings is 1. The van der Waals surface area contributed by atoms with Crippen molar-refractivity contribution in [2.45, 2.75) is 19.3 Å². The number of likely N-dealkylation sites (tertiary alicyclic amines) is 1. The van der Waals surface area contributed by atoms with E-state index in [1.807, 2.05) is 0 Å². The lowest BCUT2D eigenvalue weighted by Crippen LogP contribution is -2.46. The van der Waals surface area contributed by atoms with Gasteiger partial charge in [-0.15, -0.1) is 11.6 Å². The van der Waals surface area contributed by atoms with Crippen molar-refractivity contribution in [1.29, 1.82) is 0 Å². The zero-order valence-electron chi connectivity index (χ0n) is 8.28. The number of carboxylic acid groups (broad SMARTS) is 2. The van der Waals surface area contributed by atoms with Crippen LogP contribution < -0.4 is 0 Å². The van der Waals surface area contributed by atoms with Crippen LogP contribution in [0.4, 0.5) is 4.79 Å². The van der Waals surface area contributed by atoms with Gasteiger partial charge in [0.1, 0.15) is 0 Å². The number of aliphatic carboxylic acids is 1. The van der Waals surface area contributed by atoms with Crippen LogP contribution in [0.5, 0.6) is 0 Å². The number of amides is 1. The third kappa shape index (κ3) is 2.53. The Bertz CT molecular complexity index is 261. The molecule has 1 rings (SSSR count). The fourth-order valence-corrected chi connectivity index (χ4v) is 2.24. The molecular weight excluding hydrogens is 222 g/mol. The molecule has 0 radical (unpaired) electrons. The molecule has 1 aliphatic rings. The predicted molar refractivity (Wildman–Crippen MR) is 54.2 cm³/mol. The molecule has 0 aromatic carbocycles. The number of hydrogen-bond acceptors (Lipinski definition) is 2. The molecule has 0 aromatic rings. The highest BCUT2D eigenvalue weighted by atomic mass is 35.5. The monoisotopic (exact) mass is 235 g/mol. The van der Waals surface area contributed by atoms with Crippen molar-refractivity contribution < 1.29 is 19.8 Å². The first-order valence-electron chi connectivity index (χ1n) is 4.79. The molecule has 0 aromatic heterocycles. The molecule has 0 aliphatic carbocycles. The summed E-state index contributed by atoms with van der Waals surface area (Å²) in [6.07, 6.45) is 0.111. The van der Waals surface area contributed by atoms with Gasteiger partial charge in [-0.25, -0.2) is 4.79 Å². The molecule has 0 bridgehead atoms. The standard InChI is InChI=1S/C9H14ClNO4/c10-4-1-9(7(12)13)2-5-11(6-3-9)8(14)15/h1-6H2,(H,12,13)(H,14,15). The van der Waals surface area contributed by atoms with Crippen molar-refractivity contribution in [3.05, 3.63) is 0 Å². The van der Waals surface area contributed by atoms with Crippen LogP contribution in [-0.2, 0) is 4.79 Å². The minimum absolute atomic E-state index is 0.276. The van der Waals surface area contributed by atoms with E-state index in [0.29, 0.717) is 25.1 Å². The van der Waals surface area contributed by atoms with Gasteiger partial charge in [-0.2, -0.15) is 0 Å². The van der Waals surface area contributed by atoms with Crippen LogP contribution in [0, 0.1) is 5.41 Å². The molecule has 2 N–H and O–H groups in total. The maximum atomic E-state index is 11.1. The van der Waals surface area contributed by atoms with E-state index >= 15 is 0 Å². The summed E-state index contributed by atoms with van der Waals surface area (Å²) >= 11 is 5.57. The molecule has 0 saturated carbocycles. The van der Waals surface area contributed by atoms with E-state index in [1.54, 1.807) is 0 Å². The molecule has 1 heterocycles. The lowest BCUT2D eigenvalue weighted by molar-refractivity contribution is -0.152. The minimum atomic E-state index is -0.986. The lowest BCUT2D eigenvalue weighted by Gasteiger charge is -2.37. The fourth-order valence-electron chi connectivity index (χ4n) is 1.88. The van der Waals surface area contributed by atoms with Crippen LogP contribution in [0.1, 0.15) is 19.3 Å². The molecule has 5 nitrogen and oxygen atoms in total. The Labute approximate surface area is 92.6 Å². The molecule has 0 spiro atoms. The number of halogens is 1. The topological polar surface area (TPSA) is 77.8 Å². The summed E-state index contributed by atoms with van der Waals surface area (Å²) in [6, 6.07) is 0. The van der Waals surface area contributed by atoms with E-state index in [0.717, 1.165) is 0 Å². The second-order valence-electron chi connectivity index (χ2n) is 3.79. The Balaban J connectivity index is 2.65. The van der Waals surface area contributed by atoms with E-state index < -0.39 is 17.5 Å². The third-order valence-corrected chi connectivity index (χ3v) is 3.21. The summed E-state index contributed by atoms with van der Waals surface area (Å²) in [5, 5.41) is 17.8. The maximum Gasteiger partial charge on any atom is 0.407 e. The Morgan fingerprint density at radius 3 is 2.13 bits per heavy atom. The van der Waals surface area contributed by atoms with Gasteiger partial charge in [0.05, 0.1) is 5.41 Å². The van der Waals surface area contributed by atoms with Gasteiger partial charge in [-0.05, 0) is 19.3 Å².